The van der Waals surface area contributed by atoms with Crippen molar-refractivity contribution in [3.8, 4) is 5.75 Å². The molecular weight excluding hydrogens is 374 g/mol. The number of methoxy groups -OCH3 is 1. The molecule has 0 fully saturated rings. The van der Waals surface area contributed by atoms with E-state index in [1.807, 2.05) is 38.1 Å². The maximum absolute atomic E-state index is 13.0. The minimum Gasteiger partial charge on any atom is -0.497 e. The van der Waals surface area contributed by atoms with Crippen molar-refractivity contribution in [1.82, 2.24) is 14.9 Å². The summed E-state index contributed by atoms with van der Waals surface area (Å²) in [4.78, 5) is 31.7. The van der Waals surface area contributed by atoms with E-state index in [1.165, 1.54) is 11.3 Å². The van der Waals surface area contributed by atoms with Gasteiger partial charge in [-0.2, -0.15) is 0 Å². The SMILES string of the molecule is CC[C@@H](NC(=O)c1sc2nc3n(c(=O)c2c1C)CCC3)c1ccc(OC)cc1. The standard InChI is InChI=1S/C21H23N3O3S/c1-4-15(13-7-9-14(27-3)10-8-13)22-19(25)18-12(2)17-20(28-18)23-16-6-5-11-24(16)21(17)26/h7-10,15H,4-6,11H2,1-3H3,(H,22,25)/t15-/m1/s1. The predicted molar refractivity (Wildman–Crippen MR) is 110 cm³/mol. The van der Waals surface area contributed by atoms with Crippen molar-refractivity contribution in [2.45, 2.75) is 45.7 Å². The Labute approximate surface area is 167 Å². The Morgan fingerprint density at radius 3 is 2.79 bits per heavy atom. The van der Waals surface area contributed by atoms with E-state index < -0.39 is 0 Å². The summed E-state index contributed by atoms with van der Waals surface area (Å²) in [6, 6.07) is 7.59. The second kappa shape index (κ2) is 7.39. The molecule has 3 heterocycles. The quantitative estimate of drug-likeness (QED) is 0.714. The van der Waals surface area contributed by atoms with Gasteiger partial charge in [0, 0.05) is 13.0 Å². The molecule has 3 aromatic rings. The minimum atomic E-state index is -0.160. The smallest absolute Gasteiger partial charge is 0.262 e. The second-order valence-electron chi connectivity index (χ2n) is 7.03. The molecule has 2 aromatic heterocycles. The first-order valence-corrected chi connectivity index (χ1v) is 10.3. The lowest BCUT2D eigenvalue weighted by atomic mass is 10.0. The molecule has 0 aliphatic carbocycles. The number of hydrogen-bond acceptors (Lipinski definition) is 5. The van der Waals surface area contributed by atoms with E-state index in [1.54, 1.807) is 11.7 Å². The highest BCUT2D eigenvalue weighted by molar-refractivity contribution is 7.20. The lowest BCUT2D eigenvalue weighted by Crippen LogP contribution is -2.28. The largest absolute Gasteiger partial charge is 0.497 e. The van der Waals surface area contributed by atoms with E-state index in [-0.39, 0.29) is 17.5 Å². The normalized spacial score (nSPS) is 14.1. The Bertz CT molecular complexity index is 1100. The van der Waals surface area contributed by atoms with Crippen molar-refractivity contribution >= 4 is 27.5 Å². The number of nitrogens with zero attached hydrogens (tertiary/aromatic N) is 2. The summed E-state index contributed by atoms with van der Waals surface area (Å²) in [6.45, 7) is 4.59. The highest BCUT2D eigenvalue weighted by Crippen LogP contribution is 2.29. The molecule has 146 valence electrons. The van der Waals surface area contributed by atoms with Crippen LogP contribution < -0.4 is 15.6 Å². The first-order chi connectivity index (χ1) is 13.5. The number of thiophene rings is 1. The van der Waals surface area contributed by atoms with Crippen LogP contribution in [0.1, 0.15) is 52.4 Å². The Morgan fingerprint density at radius 1 is 1.36 bits per heavy atom. The summed E-state index contributed by atoms with van der Waals surface area (Å²) in [7, 11) is 1.63. The van der Waals surface area contributed by atoms with Gasteiger partial charge in [-0.05, 0) is 43.0 Å². The number of benzene rings is 1. The number of fused-ring (bicyclic) bond motifs is 2. The number of carbonyl (C=O) groups excluding carboxylic acids is 1. The van der Waals surface area contributed by atoms with Crippen LogP contribution in [0.4, 0.5) is 0 Å². The number of amides is 1. The van der Waals surface area contributed by atoms with Crippen molar-refractivity contribution in [3.63, 3.8) is 0 Å². The van der Waals surface area contributed by atoms with Crippen LogP contribution in [0.25, 0.3) is 10.2 Å². The van der Waals surface area contributed by atoms with E-state index in [9.17, 15) is 9.59 Å². The molecule has 1 N–H and O–H groups in total. The summed E-state index contributed by atoms with van der Waals surface area (Å²) in [5.74, 6) is 1.45. The topological polar surface area (TPSA) is 73.2 Å². The van der Waals surface area contributed by atoms with E-state index in [0.717, 1.165) is 42.0 Å². The third-order valence-electron chi connectivity index (χ3n) is 5.35. The maximum Gasteiger partial charge on any atom is 0.262 e. The molecule has 1 aliphatic heterocycles. The fourth-order valence-electron chi connectivity index (χ4n) is 3.77. The van der Waals surface area contributed by atoms with Gasteiger partial charge in [-0.1, -0.05) is 19.1 Å². The van der Waals surface area contributed by atoms with E-state index >= 15 is 0 Å². The summed E-state index contributed by atoms with van der Waals surface area (Å²) < 4.78 is 6.95. The van der Waals surface area contributed by atoms with Gasteiger partial charge in [0.25, 0.3) is 11.5 Å². The van der Waals surface area contributed by atoms with Gasteiger partial charge < -0.3 is 10.1 Å². The van der Waals surface area contributed by atoms with E-state index in [2.05, 4.69) is 10.3 Å². The predicted octanol–water partition coefficient (Wildman–Crippen LogP) is 3.60. The van der Waals surface area contributed by atoms with Gasteiger partial charge in [-0.15, -0.1) is 11.3 Å². The summed E-state index contributed by atoms with van der Waals surface area (Å²) in [5.41, 5.74) is 1.72. The van der Waals surface area contributed by atoms with Gasteiger partial charge in [0.2, 0.25) is 0 Å². The molecule has 1 aliphatic rings. The van der Waals surface area contributed by atoms with Gasteiger partial charge >= 0.3 is 0 Å². The van der Waals surface area contributed by atoms with Crippen molar-refractivity contribution in [2.24, 2.45) is 0 Å². The maximum atomic E-state index is 13.0. The molecule has 4 rings (SSSR count). The summed E-state index contributed by atoms with van der Waals surface area (Å²) in [5, 5.41) is 3.69. The molecular formula is C21H23N3O3S. The zero-order valence-corrected chi connectivity index (χ0v) is 17.1. The van der Waals surface area contributed by atoms with E-state index in [0.29, 0.717) is 21.6 Å². The third-order valence-corrected chi connectivity index (χ3v) is 6.53. The van der Waals surface area contributed by atoms with Gasteiger partial charge in [0.05, 0.1) is 23.4 Å². The first-order valence-electron chi connectivity index (χ1n) is 9.51. The average Bonchev–Trinajstić information content (AvgIpc) is 3.31. The number of aryl methyl sites for hydroxylation is 2. The second-order valence-corrected chi connectivity index (χ2v) is 8.03. The molecule has 0 radical (unpaired) electrons. The van der Waals surface area contributed by atoms with Crippen molar-refractivity contribution < 1.29 is 9.53 Å². The highest BCUT2D eigenvalue weighted by Gasteiger charge is 2.24. The number of carbonyl (C=O) groups is 1. The van der Waals surface area contributed by atoms with E-state index in [4.69, 9.17) is 4.74 Å². The first kappa shape index (κ1) is 18.7. The van der Waals surface area contributed by atoms with Gasteiger partial charge in [0.15, 0.2) is 0 Å². The molecule has 28 heavy (non-hydrogen) atoms. The molecule has 7 heteroatoms. The zero-order valence-electron chi connectivity index (χ0n) is 16.2. The Morgan fingerprint density at radius 2 is 2.11 bits per heavy atom. The fraction of sp³-hybridized carbons (Fsp3) is 0.381. The van der Waals surface area contributed by atoms with Crippen molar-refractivity contribution in [1.29, 1.82) is 0 Å². The van der Waals surface area contributed by atoms with Gasteiger partial charge in [-0.3, -0.25) is 14.2 Å². The van der Waals surface area contributed by atoms with Gasteiger partial charge in [0.1, 0.15) is 16.4 Å². The van der Waals surface area contributed by atoms with Crippen LogP contribution in [0, 0.1) is 6.92 Å². The molecule has 0 saturated carbocycles. The molecule has 1 amide bonds. The Balaban J connectivity index is 1.65. The lowest BCUT2D eigenvalue weighted by molar-refractivity contribution is 0.0939. The molecule has 0 unspecified atom stereocenters. The lowest BCUT2D eigenvalue weighted by Gasteiger charge is -2.17. The number of hydrogen-bond donors (Lipinski definition) is 1. The average molecular weight is 398 g/mol. The van der Waals surface area contributed by atoms with Crippen LogP contribution in [0.15, 0.2) is 29.1 Å². The molecule has 0 spiro atoms. The van der Waals surface area contributed by atoms with Gasteiger partial charge in [-0.25, -0.2) is 4.98 Å². The monoisotopic (exact) mass is 397 g/mol. The van der Waals surface area contributed by atoms with Crippen LogP contribution >= 0.6 is 11.3 Å². The fourth-order valence-corrected chi connectivity index (χ4v) is 4.87. The highest BCUT2D eigenvalue weighted by atomic mass is 32.1. The Kier molecular flexibility index (Phi) is 4.93. The summed E-state index contributed by atoms with van der Waals surface area (Å²) >= 11 is 1.31. The molecule has 0 saturated heterocycles. The number of aromatic nitrogens is 2. The minimum absolute atomic E-state index is 0.0208. The Hall–Kier alpha value is -2.67. The van der Waals surface area contributed by atoms with Crippen molar-refractivity contribution in [2.75, 3.05) is 7.11 Å². The van der Waals surface area contributed by atoms with Crippen LogP contribution in [-0.4, -0.2) is 22.6 Å². The number of nitrogens with one attached hydrogen (secondary N) is 1. The van der Waals surface area contributed by atoms with Crippen LogP contribution in [0.3, 0.4) is 0 Å². The molecule has 1 aromatic carbocycles. The molecule has 6 nitrogen and oxygen atoms in total. The third kappa shape index (κ3) is 3.09. The van der Waals surface area contributed by atoms with Crippen LogP contribution in [-0.2, 0) is 13.0 Å². The summed E-state index contributed by atoms with van der Waals surface area (Å²) in [6.07, 6.45) is 2.53. The molecule has 1 atom stereocenters. The van der Waals surface area contributed by atoms with Crippen LogP contribution in [0.5, 0.6) is 5.75 Å². The van der Waals surface area contributed by atoms with Crippen molar-refractivity contribution in [3.05, 3.63) is 56.4 Å². The zero-order chi connectivity index (χ0) is 19.8. The molecule has 0 bridgehead atoms. The number of ether oxygens (including phenoxy) is 1. The number of rotatable bonds is 5. The van der Waals surface area contributed by atoms with Crippen LogP contribution in [0.2, 0.25) is 0 Å².